The van der Waals surface area contributed by atoms with Gasteiger partial charge in [-0.2, -0.15) is 5.10 Å². The Morgan fingerprint density at radius 2 is 2.20 bits per heavy atom. The van der Waals surface area contributed by atoms with Crippen molar-refractivity contribution in [2.45, 2.75) is 20.3 Å². The monoisotopic (exact) mass is 278 g/mol. The van der Waals surface area contributed by atoms with Crippen molar-refractivity contribution in [3.05, 3.63) is 22.9 Å². The Bertz CT molecular complexity index is 643. The fraction of sp³-hybridized carbons (Fsp3) is 0.500. The maximum Gasteiger partial charge on any atom is 0.348 e. The zero-order valence-electron chi connectivity index (χ0n) is 11.6. The van der Waals surface area contributed by atoms with E-state index in [1.807, 2.05) is 13.8 Å². The number of carbonyl (C=O) groups excluding carboxylic acids is 1. The summed E-state index contributed by atoms with van der Waals surface area (Å²) in [5.41, 5.74) is 0.165. The van der Waals surface area contributed by atoms with Crippen molar-refractivity contribution in [2.24, 2.45) is 0 Å². The molecular weight excluding hydrogens is 260 g/mol. The highest BCUT2D eigenvalue weighted by Gasteiger charge is 2.09. The van der Waals surface area contributed by atoms with E-state index in [-0.39, 0.29) is 11.6 Å². The number of nitrogens with one attached hydrogen (secondary N) is 2. The average molecular weight is 278 g/mol. The lowest BCUT2D eigenvalue weighted by atomic mass is 10.3. The molecule has 2 N–H and O–H groups in total. The van der Waals surface area contributed by atoms with Crippen molar-refractivity contribution >= 4 is 17.4 Å². The molecule has 0 aliphatic rings. The first-order valence-electron chi connectivity index (χ1n) is 6.60. The van der Waals surface area contributed by atoms with Gasteiger partial charge in [0, 0.05) is 32.1 Å². The third-order valence-corrected chi connectivity index (χ3v) is 3.07. The molecule has 0 aromatic carbocycles. The molecule has 1 amide bonds. The molecule has 2 aromatic rings. The molecule has 108 valence electrons. The van der Waals surface area contributed by atoms with Gasteiger partial charge in [0.25, 0.3) is 0 Å². The van der Waals surface area contributed by atoms with Crippen molar-refractivity contribution in [3.8, 4) is 0 Å². The highest BCUT2D eigenvalue weighted by atomic mass is 16.2. The van der Waals surface area contributed by atoms with Crippen LogP contribution < -0.4 is 11.0 Å². The lowest BCUT2D eigenvalue weighted by molar-refractivity contribution is -0.130. The van der Waals surface area contributed by atoms with Crippen LogP contribution in [0, 0.1) is 0 Å². The summed E-state index contributed by atoms with van der Waals surface area (Å²) in [5, 5.41) is 9.24. The molecule has 0 saturated carbocycles. The van der Waals surface area contributed by atoms with Crippen LogP contribution in [0.5, 0.6) is 0 Å². The van der Waals surface area contributed by atoms with Crippen LogP contribution in [-0.4, -0.2) is 50.0 Å². The minimum atomic E-state index is -0.323. The molecule has 0 aliphatic carbocycles. The summed E-state index contributed by atoms with van der Waals surface area (Å²) < 4.78 is 1.31. The van der Waals surface area contributed by atoms with Gasteiger partial charge in [-0.1, -0.05) is 0 Å². The SMILES string of the molecule is CCN(CC)C(=O)CCNc1cc2n[nH]c(=O)n2cn1. The van der Waals surface area contributed by atoms with E-state index in [4.69, 9.17) is 0 Å². The van der Waals surface area contributed by atoms with E-state index in [2.05, 4.69) is 20.5 Å². The topological polar surface area (TPSA) is 95.4 Å². The van der Waals surface area contributed by atoms with Crippen LogP contribution >= 0.6 is 0 Å². The van der Waals surface area contributed by atoms with Gasteiger partial charge >= 0.3 is 5.69 Å². The predicted molar refractivity (Wildman–Crippen MR) is 74.6 cm³/mol. The fourth-order valence-corrected chi connectivity index (χ4v) is 1.94. The maximum atomic E-state index is 11.8. The zero-order chi connectivity index (χ0) is 14.5. The van der Waals surface area contributed by atoms with E-state index < -0.39 is 0 Å². The van der Waals surface area contributed by atoms with Gasteiger partial charge in [0.1, 0.15) is 12.1 Å². The van der Waals surface area contributed by atoms with Crippen LogP contribution in [-0.2, 0) is 4.79 Å². The molecule has 2 rings (SSSR count). The summed E-state index contributed by atoms with van der Waals surface area (Å²) in [4.78, 5) is 29.0. The lowest BCUT2D eigenvalue weighted by Gasteiger charge is -2.18. The van der Waals surface area contributed by atoms with E-state index in [1.54, 1.807) is 11.0 Å². The fourth-order valence-electron chi connectivity index (χ4n) is 1.94. The molecule has 0 spiro atoms. The second kappa shape index (κ2) is 6.18. The van der Waals surface area contributed by atoms with Crippen LogP contribution in [0.3, 0.4) is 0 Å². The van der Waals surface area contributed by atoms with E-state index in [0.717, 1.165) is 13.1 Å². The molecule has 20 heavy (non-hydrogen) atoms. The van der Waals surface area contributed by atoms with Crippen LogP contribution in [0.1, 0.15) is 20.3 Å². The van der Waals surface area contributed by atoms with Crippen molar-refractivity contribution in [1.82, 2.24) is 24.5 Å². The summed E-state index contributed by atoms with van der Waals surface area (Å²) in [6.07, 6.45) is 1.80. The second-order valence-electron chi connectivity index (χ2n) is 4.27. The summed E-state index contributed by atoms with van der Waals surface area (Å²) in [7, 11) is 0. The molecule has 2 heterocycles. The number of carbonyl (C=O) groups is 1. The number of anilines is 1. The summed E-state index contributed by atoms with van der Waals surface area (Å²) >= 11 is 0. The molecule has 0 aliphatic heterocycles. The molecule has 0 unspecified atom stereocenters. The van der Waals surface area contributed by atoms with Crippen molar-refractivity contribution < 1.29 is 4.79 Å². The minimum absolute atomic E-state index is 0.111. The van der Waals surface area contributed by atoms with Crippen molar-refractivity contribution in [2.75, 3.05) is 25.0 Å². The highest BCUT2D eigenvalue weighted by Crippen LogP contribution is 2.04. The van der Waals surface area contributed by atoms with Gasteiger partial charge in [-0.15, -0.1) is 0 Å². The Morgan fingerprint density at radius 3 is 2.90 bits per heavy atom. The van der Waals surface area contributed by atoms with Crippen molar-refractivity contribution in [3.63, 3.8) is 0 Å². The molecule has 2 aromatic heterocycles. The van der Waals surface area contributed by atoms with E-state index in [0.29, 0.717) is 24.4 Å². The summed E-state index contributed by atoms with van der Waals surface area (Å²) in [6.45, 7) is 5.85. The number of fused-ring (bicyclic) bond motifs is 1. The maximum absolute atomic E-state index is 11.8. The van der Waals surface area contributed by atoms with Gasteiger partial charge in [0.2, 0.25) is 5.91 Å². The van der Waals surface area contributed by atoms with Gasteiger partial charge < -0.3 is 10.2 Å². The smallest absolute Gasteiger partial charge is 0.348 e. The molecule has 0 fully saturated rings. The van der Waals surface area contributed by atoms with Gasteiger partial charge in [-0.25, -0.2) is 19.3 Å². The summed E-state index contributed by atoms with van der Waals surface area (Å²) in [6, 6.07) is 1.65. The van der Waals surface area contributed by atoms with E-state index >= 15 is 0 Å². The standard InChI is InChI=1S/C12H18N6O2/c1-3-17(4-2)11(19)5-6-13-9-7-10-15-16-12(20)18(10)8-14-9/h7-8,13H,3-6H2,1-2H3,(H,16,20). The van der Waals surface area contributed by atoms with Gasteiger partial charge in [-0.05, 0) is 13.8 Å². The molecule has 0 bridgehead atoms. The number of amides is 1. The normalized spacial score (nSPS) is 10.7. The number of rotatable bonds is 6. The number of hydrogen-bond donors (Lipinski definition) is 2. The Balaban J connectivity index is 1.93. The third kappa shape index (κ3) is 2.95. The highest BCUT2D eigenvalue weighted by molar-refractivity contribution is 5.76. The first-order chi connectivity index (χ1) is 9.65. The predicted octanol–water partition coefficient (Wildman–Crippen LogP) is 0.0880. The largest absolute Gasteiger partial charge is 0.369 e. The Labute approximate surface area is 115 Å². The Morgan fingerprint density at radius 1 is 1.45 bits per heavy atom. The molecule has 0 atom stereocenters. The zero-order valence-corrected chi connectivity index (χ0v) is 11.6. The second-order valence-corrected chi connectivity index (χ2v) is 4.27. The van der Waals surface area contributed by atoms with Crippen LogP contribution in [0.2, 0.25) is 0 Å². The van der Waals surface area contributed by atoms with E-state index in [1.165, 1.54) is 10.7 Å². The Kier molecular flexibility index (Phi) is 4.34. The minimum Gasteiger partial charge on any atom is -0.369 e. The number of aromatic nitrogens is 4. The number of hydrogen-bond acceptors (Lipinski definition) is 5. The van der Waals surface area contributed by atoms with Gasteiger partial charge in [0.05, 0.1) is 0 Å². The first kappa shape index (κ1) is 14.0. The van der Waals surface area contributed by atoms with Crippen LogP contribution in [0.15, 0.2) is 17.2 Å². The van der Waals surface area contributed by atoms with E-state index in [9.17, 15) is 9.59 Å². The van der Waals surface area contributed by atoms with Gasteiger partial charge in [0.15, 0.2) is 5.65 Å². The van der Waals surface area contributed by atoms with Crippen LogP contribution in [0.4, 0.5) is 5.82 Å². The molecule has 0 radical (unpaired) electrons. The quantitative estimate of drug-likeness (QED) is 0.780. The number of nitrogens with zero attached hydrogens (tertiary/aromatic N) is 4. The van der Waals surface area contributed by atoms with Crippen molar-refractivity contribution in [1.29, 1.82) is 0 Å². The Hall–Kier alpha value is -2.38. The molecule has 0 saturated heterocycles. The summed E-state index contributed by atoms with van der Waals surface area (Å²) in [5.74, 6) is 0.698. The molecule has 8 nitrogen and oxygen atoms in total. The lowest BCUT2D eigenvalue weighted by Crippen LogP contribution is -2.31. The van der Waals surface area contributed by atoms with Crippen LogP contribution in [0.25, 0.3) is 5.65 Å². The third-order valence-electron chi connectivity index (χ3n) is 3.07. The number of aromatic amines is 1. The molecule has 8 heteroatoms. The average Bonchev–Trinajstić information content (AvgIpc) is 2.81. The first-order valence-corrected chi connectivity index (χ1v) is 6.60. The van der Waals surface area contributed by atoms with Gasteiger partial charge in [-0.3, -0.25) is 4.79 Å². The molecular formula is C12H18N6O2. The number of H-pyrrole nitrogens is 1.